The van der Waals surface area contributed by atoms with Gasteiger partial charge in [0.1, 0.15) is 4.90 Å². The van der Waals surface area contributed by atoms with E-state index in [-0.39, 0.29) is 11.4 Å². The number of rotatable bonds is 4. The predicted octanol–water partition coefficient (Wildman–Crippen LogP) is 2.67. The van der Waals surface area contributed by atoms with Gasteiger partial charge in [-0.25, -0.2) is 13.1 Å². The Morgan fingerprint density at radius 3 is 2.08 bits per heavy atom. The molecule has 2 aromatic carbocycles. The first kappa shape index (κ1) is 17.1. The molecule has 1 heterocycles. The van der Waals surface area contributed by atoms with E-state index >= 15 is 0 Å². The highest BCUT2D eigenvalue weighted by Crippen LogP contribution is 2.27. The molecular formula is C19H18N2O3S. The van der Waals surface area contributed by atoms with E-state index < -0.39 is 15.4 Å². The number of aromatic nitrogens is 2. The van der Waals surface area contributed by atoms with Gasteiger partial charge in [-0.2, -0.15) is 5.10 Å². The summed E-state index contributed by atoms with van der Waals surface area (Å²) in [7, 11) is -3.72. The molecule has 0 fully saturated rings. The summed E-state index contributed by atoms with van der Waals surface area (Å²) >= 11 is 0. The van der Waals surface area contributed by atoms with Crippen LogP contribution in [0.5, 0.6) is 0 Å². The number of sulfone groups is 1. The molecule has 3 aromatic rings. The monoisotopic (exact) mass is 354 g/mol. The molecule has 0 aliphatic rings. The van der Waals surface area contributed by atoms with E-state index in [2.05, 4.69) is 5.10 Å². The van der Waals surface area contributed by atoms with Gasteiger partial charge in [-0.15, -0.1) is 0 Å². The van der Waals surface area contributed by atoms with Crippen molar-refractivity contribution >= 4 is 9.84 Å². The normalized spacial score (nSPS) is 11.4. The van der Waals surface area contributed by atoms with Crippen molar-refractivity contribution in [2.24, 2.45) is 0 Å². The lowest BCUT2D eigenvalue weighted by atomic mass is 10.1. The van der Waals surface area contributed by atoms with Crippen LogP contribution in [0.25, 0.3) is 11.1 Å². The maximum absolute atomic E-state index is 12.9. The lowest BCUT2D eigenvalue weighted by Crippen LogP contribution is -2.30. The predicted molar refractivity (Wildman–Crippen MR) is 97.3 cm³/mol. The molecule has 25 heavy (non-hydrogen) atoms. The Kier molecular flexibility index (Phi) is 4.55. The second kappa shape index (κ2) is 6.64. The smallest absolute Gasteiger partial charge is 0.266 e. The van der Waals surface area contributed by atoms with Crippen LogP contribution >= 0.6 is 0 Å². The van der Waals surface area contributed by atoms with Gasteiger partial charge in [0.15, 0.2) is 9.84 Å². The van der Waals surface area contributed by atoms with Gasteiger partial charge in [-0.1, -0.05) is 60.7 Å². The van der Waals surface area contributed by atoms with Gasteiger partial charge in [-0.05, 0) is 18.1 Å². The summed E-state index contributed by atoms with van der Waals surface area (Å²) < 4.78 is 25.9. The molecule has 0 bridgehead atoms. The van der Waals surface area contributed by atoms with Crippen molar-refractivity contribution in [1.82, 2.24) is 9.78 Å². The topological polar surface area (TPSA) is 69.0 Å². The lowest BCUT2D eigenvalue weighted by Gasteiger charge is -2.14. The Morgan fingerprint density at radius 1 is 0.960 bits per heavy atom. The second-order valence-corrected chi connectivity index (χ2v) is 7.83. The summed E-state index contributed by atoms with van der Waals surface area (Å²) in [6.45, 7) is 1.94. The van der Waals surface area contributed by atoms with Crippen LogP contribution < -0.4 is 5.56 Å². The van der Waals surface area contributed by atoms with Gasteiger partial charge >= 0.3 is 0 Å². The van der Waals surface area contributed by atoms with E-state index in [9.17, 15) is 13.2 Å². The van der Waals surface area contributed by atoms with Crippen molar-refractivity contribution < 1.29 is 8.42 Å². The second-order valence-electron chi connectivity index (χ2n) is 5.88. The fraction of sp³-hybridized carbons (Fsp3) is 0.158. The fourth-order valence-corrected chi connectivity index (χ4v) is 3.88. The van der Waals surface area contributed by atoms with Crippen LogP contribution in [0.15, 0.2) is 70.4 Å². The van der Waals surface area contributed by atoms with Crippen LogP contribution in [0.4, 0.5) is 0 Å². The molecule has 0 aliphatic carbocycles. The molecule has 0 aliphatic heterocycles. The van der Waals surface area contributed by atoms with Gasteiger partial charge in [0.25, 0.3) is 5.56 Å². The zero-order valence-electron chi connectivity index (χ0n) is 14.0. The van der Waals surface area contributed by atoms with Crippen molar-refractivity contribution in [3.8, 4) is 11.1 Å². The van der Waals surface area contributed by atoms with E-state index in [1.165, 1.54) is 4.68 Å². The number of benzene rings is 2. The first-order valence-electron chi connectivity index (χ1n) is 7.79. The molecule has 0 saturated heterocycles. The molecule has 0 spiro atoms. The maximum atomic E-state index is 12.9. The van der Waals surface area contributed by atoms with E-state index in [0.717, 1.165) is 11.8 Å². The fourth-order valence-electron chi connectivity index (χ4n) is 2.82. The van der Waals surface area contributed by atoms with Crippen molar-refractivity contribution in [2.75, 3.05) is 6.26 Å². The summed E-state index contributed by atoms with van der Waals surface area (Å²) in [5, 5.41) is 4.36. The molecule has 5 nitrogen and oxygen atoms in total. The summed E-state index contributed by atoms with van der Waals surface area (Å²) in [5.74, 6) is 0. The number of nitrogens with zero attached hydrogens (tertiary/aromatic N) is 2. The summed E-state index contributed by atoms with van der Waals surface area (Å²) in [6.07, 6.45) is 1.06. The Labute approximate surface area is 146 Å². The van der Waals surface area contributed by atoms with E-state index in [1.54, 1.807) is 31.2 Å². The highest BCUT2D eigenvalue weighted by molar-refractivity contribution is 7.90. The highest BCUT2D eigenvalue weighted by atomic mass is 32.2. The zero-order chi connectivity index (χ0) is 18.0. The average molecular weight is 354 g/mol. The van der Waals surface area contributed by atoms with Gasteiger partial charge < -0.3 is 0 Å². The largest absolute Gasteiger partial charge is 0.286 e. The Morgan fingerprint density at radius 2 is 1.52 bits per heavy atom. The number of hydrogen-bond acceptors (Lipinski definition) is 4. The molecule has 128 valence electrons. The molecular weight excluding hydrogens is 336 g/mol. The van der Waals surface area contributed by atoms with Crippen LogP contribution in [-0.4, -0.2) is 24.5 Å². The Bertz CT molecular complexity index is 1060. The van der Waals surface area contributed by atoms with Crippen molar-refractivity contribution in [3.05, 3.63) is 82.3 Å². The van der Waals surface area contributed by atoms with Crippen molar-refractivity contribution in [3.63, 3.8) is 0 Å². The Balaban J connectivity index is 2.26. The molecule has 0 amide bonds. The third-order valence-electron chi connectivity index (χ3n) is 3.90. The van der Waals surface area contributed by atoms with Crippen LogP contribution in [0.3, 0.4) is 0 Å². The van der Waals surface area contributed by atoms with Gasteiger partial charge in [0.05, 0.1) is 12.2 Å². The lowest BCUT2D eigenvalue weighted by molar-refractivity contribution is 0.583. The summed E-state index contributed by atoms with van der Waals surface area (Å²) in [4.78, 5) is 12.7. The summed E-state index contributed by atoms with van der Waals surface area (Å²) in [5.41, 5.74) is 1.82. The van der Waals surface area contributed by atoms with E-state index in [0.29, 0.717) is 16.8 Å². The van der Waals surface area contributed by atoms with Crippen LogP contribution in [0, 0.1) is 6.92 Å². The standard InChI is InChI=1S/C19H18N2O3S/c1-14-17(16-11-7-4-8-12-16)18(25(2,23)24)19(22)21(20-14)13-15-9-5-3-6-10-15/h3-12H,13H2,1-2H3. The zero-order valence-corrected chi connectivity index (χ0v) is 14.8. The average Bonchev–Trinajstić information content (AvgIpc) is 2.58. The minimum Gasteiger partial charge on any atom is -0.266 e. The maximum Gasteiger partial charge on any atom is 0.286 e. The Hall–Kier alpha value is -2.73. The van der Waals surface area contributed by atoms with E-state index in [1.807, 2.05) is 36.4 Å². The van der Waals surface area contributed by atoms with Crippen LogP contribution in [0.1, 0.15) is 11.3 Å². The van der Waals surface area contributed by atoms with Gasteiger partial charge in [0, 0.05) is 11.8 Å². The molecule has 3 rings (SSSR count). The van der Waals surface area contributed by atoms with E-state index in [4.69, 9.17) is 0 Å². The van der Waals surface area contributed by atoms with Crippen molar-refractivity contribution in [1.29, 1.82) is 0 Å². The molecule has 0 atom stereocenters. The molecule has 0 N–H and O–H groups in total. The summed E-state index contributed by atoms with van der Waals surface area (Å²) in [6, 6.07) is 18.3. The number of aryl methyl sites for hydroxylation is 1. The first-order chi connectivity index (χ1) is 11.9. The van der Waals surface area contributed by atoms with Gasteiger partial charge in [0.2, 0.25) is 0 Å². The highest BCUT2D eigenvalue weighted by Gasteiger charge is 2.24. The molecule has 0 unspecified atom stereocenters. The molecule has 0 radical (unpaired) electrons. The quantitative estimate of drug-likeness (QED) is 0.722. The van der Waals surface area contributed by atoms with Crippen LogP contribution in [0.2, 0.25) is 0 Å². The minimum absolute atomic E-state index is 0.206. The third-order valence-corrected chi connectivity index (χ3v) is 5.02. The third kappa shape index (κ3) is 3.53. The molecule has 0 saturated carbocycles. The van der Waals surface area contributed by atoms with Crippen LogP contribution in [-0.2, 0) is 16.4 Å². The first-order valence-corrected chi connectivity index (χ1v) is 9.68. The van der Waals surface area contributed by atoms with Crippen molar-refractivity contribution in [2.45, 2.75) is 18.4 Å². The molecule has 6 heteroatoms. The minimum atomic E-state index is -3.72. The van der Waals surface area contributed by atoms with Gasteiger partial charge in [-0.3, -0.25) is 4.79 Å². The molecule has 1 aromatic heterocycles. The SMILES string of the molecule is Cc1nn(Cc2ccccc2)c(=O)c(S(C)(=O)=O)c1-c1ccccc1. The number of hydrogen-bond donors (Lipinski definition) is 0.